The maximum Gasteiger partial charge on any atom is 0.234 e. The van der Waals surface area contributed by atoms with Crippen LogP contribution in [0.25, 0.3) is 16.7 Å². The summed E-state index contributed by atoms with van der Waals surface area (Å²) in [6.45, 7) is 6.11. The number of thioether (sulfide) groups is 1. The Morgan fingerprint density at radius 3 is 2.76 bits per heavy atom. The van der Waals surface area contributed by atoms with Crippen molar-refractivity contribution < 1.29 is 4.79 Å². The second kappa shape index (κ2) is 8.00. The molecule has 2 heterocycles. The molecule has 0 aliphatic rings. The average Bonchev–Trinajstić information content (AvgIpc) is 3.14. The molecule has 0 unspecified atom stereocenters. The normalized spacial score (nSPS) is 11.5. The van der Waals surface area contributed by atoms with Crippen LogP contribution >= 0.6 is 23.4 Å². The molecule has 4 aromatic rings. The second-order valence-electron chi connectivity index (χ2n) is 7.10. The predicted molar refractivity (Wildman–Crippen MR) is 118 cm³/mol. The maximum absolute atomic E-state index is 12.5. The van der Waals surface area contributed by atoms with Crippen molar-refractivity contribution >= 4 is 51.6 Å². The summed E-state index contributed by atoms with van der Waals surface area (Å²) in [7, 11) is 0. The molecule has 0 atom stereocenters. The quantitative estimate of drug-likeness (QED) is 0.450. The van der Waals surface area contributed by atoms with Crippen LogP contribution in [-0.4, -0.2) is 31.2 Å². The topological polar surface area (TPSA) is 72.2 Å². The number of aryl methyl sites for hydroxylation is 1. The summed E-state index contributed by atoms with van der Waals surface area (Å²) < 4.78 is 2.03. The third-order valence-electron chi connectivity index (χ3n) is 4.48. The molecule has 4 rings (SSSR count). The standard InChI is InChI=1S/C21H20ClN5OS/c1-12(2)19-25-26-20-21(24-16-6-4-5-7-17(16)27(19)20)29-11-18(28)23-15-9-8-13(3)10-14(15)22/h4-10,12H,11H2,1-3H3,(H,23,28). The third kappa shape index (κ3) is 3.93. The number of nitrogens with one attached hydrogen (secondary N) is 1. The van der Waals surface area contributed by atoms with Gasteiger partial charge in [-0.1, -0.05) is 55.4 Å². The molecule has 148 valence electrons. The number of anilines is 1. The molecule has 0 saturated heterocycles. The summed E-state index contributed by atoms with van der Waals surface area (Å²) >= 11 is 7.55. The minimum Gasteiger partial charge on any atom is -0.324 e. The fourth-order valence-corrected chi connectivity index (χ4v) is 4.14. The number of fused-ring (bicyclic) bond motifs is 3. The van der Waals surface area contributed by atoms with E-state index in [1.807, 2.05) is 47.7 Å². The molecule has 0 fully saturated rings. The van der Waals surface area contributed by atoms with Crippen molar-refractivity contribution in [3.05, 3.63) is 58.9 Å². The van der Waals surface area contributed by atoms with E-state index in [9.17, 15) is 4.79 Å². The molecule has 1 amide bonds. The molecule has 2 aromatic heterocycles. The molecule has 0 radical (unpaired) electrons. The lowest BCUT2D eigenvalue weighted by Gasteiger charge is -2.10. The SMILES string of the molecule is Cc1ccc(NC(=O)CSc2nc3ccccc3n3c(C(C)C)nnc23)c(Cl)c1. The van der Waals surface area contributed by atoms with E-state index < -0.39 is 0 Å². The summed E-state index contributed by atoms with van der Waals surface area (Å²) in [5.41, 5.74) is 4.10. The molecule has 2 aromatic carbocycles. The molecule has 0 saturated carbocycles. The van der Waals surface area contributed by atoms with E-state index in [1.54, 1.807) is 6.07 Å². The Morgan fingerprint density at radius 1 is 1.21 bits per heavy atom. The molecule has 8 heteroatoms. The molecule has 1 N–H and O–H groups in total. The van der Waals surface area contributed by atoms with E-state index in [0.717, 1.165) is 22.4 Å². The molecule has 0 bridgehead atoms. The summed E-state index contributed by atoms with van der Waals surface area (Å²) in [6.07, 6.45) is 0. The highest BCUT2D eigenvalue weighted by Gasteiger charge is 2.18. The van der Waals surface area contributed by atoms with Crippen LogP contribution in [0.2, 0.25) is 5.02 Å². The lowest BCUT2D eigenvalue weighted by Crippen LogP contribution is -2.14. The zero-order valence-electron chi connectivity index (χ0n) is 16.3. The van der Waals surface area contributed by atoms with E-state index >= 15 is 0 Å². The van der Waals surface area contributed by atoms with E-state index in [-0.39, 0.29) is 17.6 Å². The second-order valence-corrected chi connectivity index (χ2v) is 8.47. The number of rotatable bonds is 5. The fourth-order valence-electron chi connectivity index (χ4n) is 3.09. The van der Waals surface area contributed by atoms with Gasteiger partial charge in [-0.3, -0.25) is 9.20 Å². The Balaban J connectivity index is 1.63. The summed E-state index contributed by atoms with van der Waals surface area (Å²) in [4.78, 5) is 17.2. The summed E-state index contributed by atoms with van der Waals surface area (Å²) in [6, 6.07) is 13.4. The van der Waals surface area contributed by atoms with E-state index in [4.69, 9.17) is 16.6 Å². The number of aromatic nitrogens is 4. The average molecular weight is 426 g/mol. The van der Waals surface area contributed by atoms with Gasteiger partial charge in [0.15, 0.2) is 5.65 Å². The van der Waals surface area contributed by atoms with Gasteiger partial charge < -0.3 is 5.32 Å². The van der Waals surface area contributed by atoms with Crippen LogP contribution in [0.5, 0.6) is 0 Å². The smallest absolute Gasteiger partial charge is 0.234 e. The number of halogens is 1. The minimum atomic E-state index is -0.155. The summed E-state index contributed by atoms with van der Waals surface area (Å²) in [5, 5.41) is 12.8. The first-order valence-corrected chi connectivity index (χ1v) is 10.6. The van der Waals surface area contributed by atoms with Crippen molar-refractivity contribution in [2.75, 3.05) is 11.1 Å². The first-order valence-electron chi connectivity index (χ1n) is 9.26. The molecular weight excluding hydrogens is 406 g/mol. The molecular formula is C21H20ClN5OS. The zero-order chi connectivity index (χ0) is 20.5. The largest absolute Gasteiger partial charge is 0.324 e. The highest BCUT2D eigenvalue weighted by molar-refractivity contribution is 8.00. The minimum absolute atomic E-state index is 0.155. The van der Waals surface area contributed by atoms with E-state index in [0.29, 0.717) is 21.4 Å². The van der Waals surface area contributed by atoms with Crippen LogP contribution in [0.1, 0.15) is 31.2 Å². The Bertz CT molecular complexity index is 1220. The number of para-hydroxylation sites is 2. The maximum atomic E-state index is 12.5. The third-order valence-corrected chi connectivity index (χ3v) is 5.75. The molecule has 0 aliphatic carbocycles. The number of hydrogen-bond acceptors (Lipinski definition) is 5. The first kappa shape index (κ1) is 19.7. The Morgan fingerprint density at radius 2 is 2.00 bits per heavy atom. The van der Waals surface area contributed by atoms with Crippen LogP contribution in [-0.2, 0) is 4.79 Å². The number of hydrogen-bond donors (Lipinski definition) is 1. The number of carbonyl (C=O) groups is 1. The molecule has 29 heavy (non-hydrogen) atoms. The van der Waals surface area contributed by atoms with Crippen molar-refractivity contribution in [1.82, 2.24) is 19.6 Å². The van der Waals surface area contributed by atoms with Gasteiger partial charge in [-0.05, 0) is 36.8 Å². The molecule has 0 spiro atoms. The number of nitrogens with zero attached hydrogens (tertiary/aromatic N) is 4. The number of benzene rings is 2. The first-order chi connectivity index (χ1) is 13.9. The van der Waals surface area contributed by atoms with Crippen molar-refractivity contribution in [2.45, 2.75) is 31.7 Å². The van der Waals surface area contributed by atoms with Gasteiger partial charge in [0.05, 0.1) is 27.5 Å². The van der Waals surface area contributed by atoms with Gasteiger partial charge in [-0.2, -0.15) is 0 Å². The summed E-state index contributed by atoms with van der Waals surface area (Å²) in [5.74, 6) is 1.11. The number of amides is 1. The van der Waals surface area contributed by atoms with Crippen LogP contribution in [0.4, 0.5) is 5.69 Å². The van der Waals surface area contributed by atoms with Crippen molar-refractivity contribution in [3.63, 3.8) is 0 Å². The number of carbonyl (C=O) groups excluding carboxylic acids is 1. The van der Waals surface area contributed by atoms with Gasteiger partial charge in [0.2, 0.25) is 5.91 Å². The van der Waals surface area contributed by atoms with Crippen molar-refractivity contribution in [2.24, 2.45) is 0 Å². The van der Waals surface area contributed by atoms with Gasteiger partial charge in [0.25, 0.3) is 0 Å². The lowest BCUT2D eigenvalue weighted by atomic mass is 10.2. The molecule has 6 nitrogen and oxygen atoms in total. The van der Waals surface area contributed by atoms with Crippen LogP contribution in [0.15, 0.2) is 47.5 Å². The van der Waals surface area contributed by atoms with Crippen LogP contribution < -0.4 is 5.32 Å². The van der Waals surface area contributed by atoms with Gasteiger partial charge in [0, 0.05) is 5.92 Å². The highest BCUT2D eigenvalue weighted by atomic mass is 35.5. The fraction of sp³-hybridized carbons (Fsp3) is 0.238. The highest BCUT2D eigenvalue weighted by Crippen LogP contribution is 2.28. The van der Waals surface area contributed by atoms with Gasteiger partial charge >= 0.3 is 0 Å². The zero-order valence-corrected chi connectivity index (χ0v) is 17.9. The van der Waals surface area contributed by atoms with Crippen LogP contribution in [0, 0.1) is 6.92 Å². The van der Waals surface area contributed by atoms with E-state index in [1.165, 1.54) is 11.8 Å². The molecule has 0 aliphatic heterocycles. The monoisotopic (exact) mass is 425 g/mol. The van der Waals surface area contributed by atoms with Gasteiger partial charge in [-0.15, -0.1) is 10.2 Å². The van der Waals surface area contributed by atoms with E-state index in [2.05, 4.69) is 29.4 Å². The van der Waals surface area contributed by atoms with Gasteiger partial charge in [0.1, 0.15) is 10.9 Å². The predicted octanol–water partition coefficient (Wildman–Crippen LogP) is 5.09. The van der Waals surface area contributed by atoms with Crippen LogP contribution in [0.3, 0.4) is 0 Å². The lowest BCUT2D eigenvalue weighted by molar-refractivity contribution is -0.113. The Hall–Kier alpha value is -2.64. The van der Waals surface area contributed by atoms with Crippen molar-refractivity contribution in [1.29, 1.82) is 0 Å². The Labute approximate surface area is 177 Å². The Kier molecular flexibility index (Phi) is 5.43. The van der Waals surface area contributed by atoms with Crippen molar-refractivity contribution in [3.8, 4) is 0 Å². The van der Waals surface area contributed by atoms with Gasteiger partial charge in [-0.25, -0.2) is 4.98 Å².